The number of nitrogens with one attached hydrogen (secondary N) is 1. The first-order chi connectivity index (χ1) is 12.0. The Labute approximate surface area is 150 Å². The molecule has 138 valence electrons. The predicted octanol–water partition coefficient (Wildman–Crippen LogP) is 3.31. The Bertz CT molecular complexity index is 1040. The Morgan fingerprint density at radius 2 is 1.88 bits per heavy atom. The average molecular weight is 387 g/mol. The molecule has 0 aliphatic heterocycles. The molecule has 0 fully saturated rings. The lowest BCUT2D eigenvalue weighted by Crippen LogP contribution is -2.16. The van der Waals surface area contributed by atoms with Gasteiger partial charge in [-0.25, -0.2) is 9.50 Å². The molecule has 7 nitrogen and oxygen atoms in total. The smallest absolute Gasteiger partial charge is 0.317 e. The van der Waals surface area contributed by atoms with Crippen molar-refractivity contribution in [1.29, 1.82) is 0 Å². The molecule has 0 aromatic carbocycles. The summed E-state index contributed by atoms with van der Waals surface area (Å²) in [5, 5.41) is 10.3. The zero-order valence-electron chi connectivity index (χ0n) is 14.2. The number of anilines is 1. The fraction of sp³-hybridized carbons (Fsp3) is 0.333. The number of hydrogen-bond acceptors (Lipinski definition) is 4. The number of carbonyl (C=O) groups excluding carboxylic acids is 1. The highest BCUT2D eigenvalue weighted by atomic mass is 35.5. The summed E-state index contributed by atoms with van der Waals surface area (Å²) in [7, 11) is 1.71. The molecule has 26 heavy (non-hydrogen) atoms. The number of rotatable bonds is 2. The third kappa shape index (κ3) is 2.90. The molecule has 3 heterocycles. The molecule has 3 rings (SSSR count). The van der Waals surface area contributed by atoms with Crippen LogP contribution >= 0.6 is 11.6 Å². The number of nitrogens with zero attached hydrogens (tertiary/aromatic N) is 5. The Morgan fingerprint density at radius 1 is 1.23 bits per heavy atom. The second-order valence-electron chi connectivity index (χ2n) is 5.80. The molecule has 0 saturated carbocycles. The van der Waals surface area contributed by atoms with Crippen LogP contribution in [0.2, 0.25) is 5.02 Å². The van der Waals surface area contributed by atoms with E-state index in [4.69, 9.17) is 11.6 Å². The van der Waals surface area contributed by atoms with E-state index in [0.29, 0.717) is 21.6 Å². The number of alkyl halides is 3. The largest absolute Gasteiger partial charge is 0.433 e. The number of hydrogen-bond donors (Lipinski definition) is 1. The lowest BCUT2D eigenvalue weighted by Gasteiger charge is -2.09. The quantitative estimate of drug-likeness (QED) is 0.733. The van der Waals surface area contributed by atoms with E-state index in [9.17, 15) is 18.0 Å². The molecule has 0 atom stereocenters. The van der Waals surface area contributed by atoms with Crippen LogP contribution in [0.15, 0.2) is 6.07 Å². The van der Waals surface area contributed by atoms with E-state index in [0.717, 1.165) is 6.07 Å². The molecule has 0 bridgehead atoms. The summed E-state index contributed by atoms with van der Waals surface area (Å²) < 4.78 is 41.9. The highest BCUT2D eigenvalue weighted by Gasteiger charge is 2.36. The van der Waals surface area contributed by atoms with Crippen molar-refractivity contribution < 1.29 is 18.0 Å². The van der Waals surface area contributed by atoms with Crippen molar-refractivity contribution >= 4 is 28.8 Å². The van der Waals surface area contributed by atoms with Gasteiger partial charge < -0.3 is 5.32 Å². The van der Waals surface area contributed by atoms with Crippen LogP contribution in [-0.4, -0.2) is 30.3 Å². The number of halogens is 4. The van der Waals surface area contributed by atoms with Crippen molar-refractivity contribution in [2.24, 2.45) is 7.05 Å². The zero-order chi connectivity index (χ0) is 19.4. The van der Waals surface area contributed by atoms with E-state index in [1.807, 2.05) is 0 Å². The van der Waals surface area contributed by atoms with E-state index in [1.165, 1.54) is 6.92 Å². The van der Waals surface area contributed by atoms with E-state index in [2.05, 4.69) is 20.5 Å². The molecule has 1 amide bonds. The van der Waals surface area contributed by atoms with Gasteiger partial charge in [-0.2, -0.15) is 23.4 Å². The second-order valence-corrected chi connectivity index (χ2v) is 6.18. The Morgan fingerprint density at radius 3 is 2.42 bits per heavy atom. The van der Waals surface area contributed by atoms with Gasteiger partial charge in [-0.3, -0.25) is 9.48 Å². The van der Waals surface area contributed by atoms with Crippen molar-refractivity contribution in [2.75, 3.05) is 5.32 Å². The van der Waals surface area contributed by atoms with Gasteiger partial charge in [0, 0.05) is 12.7 Å². The molecule has 0 spiro atoms. The Hall–Kier alpha value is -2.62. The number of fused-ring (bicyclic) bond motifs is 1. The van der Waals surface area contributed by atoms with Gasteiger partial charge in [0.15, 0.2) is 11.3 Å². The summed E-state index contributed by atoms with van der Waals surface area (Å²) >= 11 is 6.10. The standard InChI is InChI=1S/C15H14ClF3N6O/c1-6-5-9(15(17,18)19)25-13(20-6)10(16)12(23-25)14(26)21-11-7(2)22-24(4)8(11)3/h5H,1-4H3,(H,21,26). The molecular formula is C15H14ClF3N6O. The van der Waals surface area contributed by atoms with E-state index in [-0.39, 0.29) is 22.1 Å². The lowest BCUT2D eigenvalue weighted by molar-refractivity contribution is -0.142. The van der Waals surface area contributed by atoms with E-state index < -0.39 is 17.8 Å². The molecule has 11 heteroatoms. The van der Waals surface area contributed by atoms with E-state index >= 15 is 0 Å². The number of aryl methyl sites for hydroxylation is 3. The van der Waals surface area contributed by atoms with Crippen LogP contribution in [0.3, 0.4) is 0 Å². The van der Waals surface area contributed by atoms with Gasteiger partial charge in [-0.05, 0) is 26.8 Å². The Kier molecular flexibility index (Phi) is 4.18. The second kappa shape index (κ2) is 5.97. The first-order valence-corrected chi connectivity index (χ1v) is 7.83. The topological polar surface area (TPSA) is 77.1 Å². The van der Waals surface area contributed by atoms with Crippen LogP contribution < -0.4 is 5.32 Å². The van der Waals surface area contributed by atoms with Crippen LogP contribution in [0.4, 0.5) is 18.9 Å². The molecule has 3 aromatic heterocycles. The molecular weight excluding hydrogens is 373 g/mol. The van der Waals surface area contributed by atoms with Crippen molar-refractivity contribution in [3.63, 3.8) is 0 Å². The maximum atomic E-state index is 13.3. The summed E-state index contributed by atoms with van der Waals surface area (Å²) in [6.45, 7) is 4.84. The maximum Gasteiger partial charge on any atom is 0.433 e. The van der Waals surface area contributed by atoms with Crippen molar-refractivity contribution in [3.05, 3.63) is 39.6 Å². The summed E-state index contributed by atoms with van der Waals surface area (Å²) in [5.74, 6) is -0.745. The fourth-order valence-electron chi connectivity index (χ4n) is 2.59. The van der Waals surface area contributed by atoms with Gasteiger partial charge in [0.1, 0.15) is 10.7 Å². The zero-order valence-corrected chi connectivity index (χ0v) is 15.0. The van der Waals surface area contributed by atoms with Crippen molar-refractivity contribution in [2.45, 2.75) is 26.9 Å². The number of amides is 1. The molecule has 0 unspecified atom stereocenters. The third-order valence-corrected chi connectivity index (χ3v) is 4.26. The maximum absolute atomic E-state index is 13.3. The van der Waals surface area contributed by atoms with Crippen LogP contribution in [0.1, 0.15) is 33.3 Å². The third-order valence-electron chi connectivity index (χ3n) is 3.91. The highest BCUT2D eigenvalue weighted by Crippen LogP contribution is 2.32. The summed E-state index contributed by atoms with van der Waals surface area (Å²) in [6, 6.07) is 0.841. The minimum atomic E-state index is -4.68. The normalized spacial score (nSPS) is 12.0. The van der Waals surface area contributed by atoms with Crippen molar-refractivity contribution in [1.82, 2.24) is 24.4 Å². The fourth-order valence-corrected chi connectivity index (χ4v) is 2.83. The van der Waals surface area contributed by atoms with Gasteiger partial charge in [-0.15, -0.1) is 0 Å². The summed E-state index contributed by atoms with van der Waals surface area (Å²) in [4.78, 5) is 16.5. The predicted molar refractivity (Wildman–Crippen MR) is 88.4 cm³/mol. The first kappa shape index (κ1) is 18.2. The SMILES string of the molecule is Cc1cc(C(F)(F)F)n2nc(C(=O)Nc3c(C)nn(C)c3C)c(Cl)c2n1. The van der Waals surface area contributed by atoms with Crippen LogP contribution in [0.5, 0.6) is 0 Å². The molecule has 0 aliphatic carbocycles. The number of aromatic nitrogens is 5. The summed E-state index contributed by atoms with van der Waals surface area (Å²) in [5.41, 5.74) is 0.156. The van der Waals surface area contributed by atoms with Gasteiger partial charge >= 0.3 is 6.18 Å². The van der Waals surface area contributed by atoms with Gasteiger partial charge in [0.05, 0.1) is 17.1 Å². The van der Waals surface area contributed by atoms with Crippen molar-refractivity contribution in [3.8, 4) is 0 Å². The van der Waals surface area contributed by atoms with Gasteiger partial charge in [0.25, 0.3) is 5.91 Å². The first-order valence-electron chi connectivity index (χ1n) is 7.45. The monoisotopic (exact) mass is 386 g/mol. The molecule has 3 aromatic rings. The molecule has 0 radical (unpaired) electrons. The molecule has 0 aliphatic rings. The van der Waals surface area contributed by atoms with Gasteiger partial charge in [0.2, 0.25) is 0 Å². The summed E-state index contributed by atoms with van der Waals surface area (Å²) in [6.07, 6.45) is -4.68. The minimum absolute atomic E-state index is 0.109. The minimum Gasteiger partial charge on any atom is -0.317 e. The molecule has 1 N–H and O–H groups in total. The average Bonchev–Trinajstić information content (AvgIpc) is 2.98. The van der Waals surface area contributed by atoms with Crippen LogP contribution in [0, 0.1) is 20.8 Å². The van der Waals surface area contributed by atoms with E-state index in [1.54, 1.807) is 25.6 Å². The highest BCUT2D eigenvalue weighted by molar-refractivity contribution is 6.37. The van der Waals surface area contributed by atoms with Crippen LogP contribution in [-0.2, 0) is 13.2 Å². The lowest BCUT2D eigenvalue weighted by atomic mass is 10.3. The van der Waals surface area contributed by atoms with Crippen LogP contribution in [0.25, 0.3) is 5.65 Å². The Balaban J connectivity index is 2.11. The number of carbonyl (C=O) groups is 1. The molecule has 0 saturated heterocycles. The van der Waals surface area contributed by atoms with Gasteiger partial charge in [-0.1, -0.05) is 11.6 Å².